The Morgan fingerprint density at radius 1 is 0.532 bits per heavy atom. The van der Waals surface area contributed by atoms with Crippen LogP contribution in [-0.4, -0.2) is 175 Å². The third-order valence-corrected chi connectivity index (χ3v) is 16.5. The first-order chi connectivity index (χ1) is 22.6. The highest BCUT2D eigenvalue weighted by atomic mass is 28.5. The highest BCUT2D eigenvalue weighted by Crippen LogP contribution is 2.24. The van der Waals surface area contributed by atoms with Crippen molar-refractivity contribution >= 4 is 25.8 Å². The van der Waals surface area contributed by atoms with Gasteiger partial charge in [-0.05, 0) is 51.6 Å². The molecule has 2 unspecified atom stereocenters. The van der Waals surface area contributed by atoms with E-state index in [4.69, 9.17) is 55.7 Å². The number of aliphatic hydroxyl groups is 1. The zero-order chi connectivity index (χ0) is 35.0. The van der Waals surface area contributed by atoms with Crippen LogP contribution in [-0.2, 0) is 50.6 Å². The molecule has 4 N–H and O–H groups in total. The van der Waals surface area contributed by atoms with Gasteiger partial charge in [-0.1, -0.05) is 6.92 Å². The van der Waals surface area contributed by atoms with E-state index in [1.54, 1.807) is 13.7 Å². The molecular formula is C29H68N2O13Si3. The van der Waals surface area contributed by atoms with Crippen molar-refractivity contribution < 1.29 is 60.5 Å². The maximum atomic E-state index is 11.0. The molecule has 0 bridgehead atoms. The number of ether oxygens (including phenoxy) is 8. The maximum absolute atomic E-state index is 11.0. The molecule has 0 aliphatic carbocycles. The molecule has 0 aromatic heterocycles. The van der Waals surface area contributed by atoms with E-state index >= 15 is 0 Å². The quantitative estimate of drug-likeness (QED) is 0.0526. The summed E-state index contributed by atoms with van der Waals surface area (Å²) in [5.74, 6) is 0. The molecule has 0 aromatic rings. The Labute approximate surface area is 287 Å². The normalized spacial score (nSPS) is 14.8. The highest BCUT2D eigenvalue weighted by Gasteiger charge is 2.45. The molecule has 0 saturated carbocycles. The summed E-state index contributed by atoms with van der Waals surface area (Å²) in [5.41, 5.74) is 0. The van der Waals surface area contributed by atoms with Crippen molar-refractivity contribution in [2.45, 2.75) is 52.0 Å². The second-order valence-corrected chi connectivity index (χ2v) is 21.3. The standard InChI is InChI=1S/C29H68N2O13Si3/c1-7-9-30-10-11-31-47(6,33)44-46(5,43-45(3,4)34-2)29-8-13-35-15-17-37-19-21-39-23-25-41-27-28-42-26-24-40-22-20-38-18-16-36-14-12-32/h30-33H,7-29H2,1-6H3. The summed E-state index contributed by atoms with van der Waals surface area (Å²) in [6, 6.07) is 0.684. The first-order valence-corrected chi connectivity index (χ1v) is 24.7. The van der Waals surface area contributed by atoms with Crippen LogP contribution in [0.1, 0.15) is 19.8 Å². The van der Waals surface area contributed by atoms with Gasteiger partial charge in [0.05, 0.1) is 106 Å². The van der Waals surface area contributed by atoms with Gasteiger partial charge < -0.3 is 65.8 Å². The Balaban J connectivity index is 3.74. The van der Waals surface area contributed by atoms with Gasteiger partial charge in [0.2, 0.25) is 0 Å². The molecule has 284 valence electrons. The first kappa shape index (κ1) is 47.1. The fourth-order valence-electron chi connectivity index (χ4n) is 4.03. The summed E-state index contributed by atoms with van der Waals surface area (Å²) in [5, 5.41) is 11.9. The molecule has 0 aromatic carbocycles. The SMILES string of the molecule is CCCNCCN[Si](C)(O)O[Si](C)(CCCOCCOCCOCCOCCOCCOCCOCCOCCO)O[Si](C)(C)OC. The average molecular weight is 737 g/mol. The third kappa shape index (κ3) is 33.0. The van der Waals surface area contributed by atoms with E-state index < -0.39 is 25.8 Å². The molecular weight excluding hydrogens is 669 g/mol. The molecule has 0 saturated heterocycles. The van der Waals surface area contributed by atoms with E-state index in [0.717, 1.165) is 25.9 Å². The lowest BCUT2D eigenvalue weighted by Crippen LogP contribution is -2.62. The zero-order valence-electron chi connectivity index (χ0n) is 30.1. The van der Waals surface area contributed by atoms with E-state index in [2.05, 4.69) is 17.2 Å². The summed E-state index contributed by atoms with van der Waals surface area (Å²) in [6.45, 7) is 20.0. The van der Waals surface area contributed by atoms with E-state index in [1.807, 2.05) is 19.6 Å². The molecule has 0 heterocycles. The third-order valence-electron chi connectivity index (χ3n) is 6.31. The van der Waals surface area contributed by atoms with Crippen molar-refractivity contribution in [2.75, 3.05) is 139 Å². The molecule has 0 aliphatic rings. The molecule has 2 atom stereocenters. The number of rotatable bonds is 38. The lowest BCUT2D eigenvalue weighted by Gasteiger charge is -2.38. The zero-order valence-corrected chi connectivity index (χ0v) is 33.1. The minimum Gasteiger partial charge on any atom is -0.415 e. The van der Waals surface area contributed by atoms with Crippen LogP contribution < -0.4 is 10.3 Å². The summed E-state index contributed by atoms with van der Waals surface area (Å²) >= 11 is 0. The Hall–Kier alpha value is 0.0506. The molecule has 0 aliphatic heterocycles. The number of aliphatic hydroxyl groups excluding tert-OH is 1. The lowest BCUT2D eigenvalue weighted by molar-refractivity contribution is -0.0238. The van der Waals surface area contributed by atoms with E-state index in [0.29, 0.717) is 118 Å². The summed E-state index contributed by atoms with van der Waals surface area (Å²) in [4.78, 5) is 14.2. The number of hydrogen-bond donors (Lipinski definition) is 4. The number of nitrogens with one attached hydrogen (secondary N) is 2. The van der Waals surface area contributed by atoms with Crippen molar-refractivity contribution in [3.8, 4) is 0 Å². The van der Waals surface area contributed by atoms with Crippen LogP contribution in [0.2, 0.25) is 32.2 Å². The van der Waals surface area contributed by atoms with Gasteiger partial charge >= 0.3 is 25.8 Å². The molecule has 0 rings (SSSR count). The second kappa shape index (κ2) is 32.0. The van der Waals surface area contributed by atoms with Gasteiger partial charge in [-0.15, -0.1) is 0 Å². The van der Waals surface area contributed by atoms with Crippen LogP contribution in [0.4, 0.5) is 0 Å². The predicted octanol–water partition coefficient (Wildman–Crippen LogP) is 1.11. The van der Waals surface area contributed by atoms with Crippen LogP contribution in [0.3, 0.4) is 0 Å². The molecule has 0 fully saturated rings. The molecule has 0 radical (unpaired) electrons. The van der Waals surface area contributed by atoms with Gasteiger partial charge in [0.1, 0.15) is 0 Å². The van der Waals surface area contributed by atoms with Crippen molar-refractivity contribution in [3.63, 3.8) is 0 Å². The fourth-order valence-corrected chi connectivity index (χ4v) is 14.9. The van der Waals surface area contributed by atoms with Crippen LogP contribution in [0.15, 0.2) is 0 Å². The van der Waals surface area contributed by atoms with Crippen LogP contribution in [0, 0.1) is 0 Å². The van der Waals surface area contributed by atoms with Gasteiger partial charge in [0, 0.05) is 26.8 Å². The van der Waals surface area contributed by atoms with Crippen molar-refractivity contribution in [2.24, 2.45) is 0 Å². The van der Waals surface area contributed by atoms with Crippen molar-refractivity contribution in [3.05, 3.63) is 0 Å². The van der Waals surface area contributed by atoms with E-state index in [1.165, 1.54) is 0 Å². The smallest absolute Gasteiger partial charge is 0.410 e. The lowest BCUT2D eigenvalue weighted by atomic mass is 10.5. The van der Waals surface area contributed by atoms with Crippen molar-refractivity contribution in [1.29, 1.82) is 0 Å². The van der Waals surface area contributed by atoms with E-state index in [-0.39, 0.29) is 6.61 Å². The molecule has 0 spiro atoms. The second-order valence-electron chi connectivity index (χ2n) is 11.3. The highest BCUT2D eigenvalue weighted by molar-refractivity contribution is 6.84. The predicted molar refractivity (Wildman–Crippen MR) is 186 cm³/mol. The average Bonchev–Trinajstić information content (AvgIpc) is 3.02. The van der Waals surface area contributed by atoms with Crippen LogP contribution in [0.25, 0.3) is 0 Å². The largest absolute Gasteiger partial charge is 0.415 e. The minimum atomic E-state index is -3.12. The molecule has 0 amide bonds. The fraction of sp³-hybridized carbons (Fsp3) is 1.00. The maximum Gasteiger partial charge on any atom is 0.410 e. The van der Waals surface area contributed by atoms with Gasteiger partial charge in [0.25, 0.3) is 0 Å². The van der Waals surface area contributed by atoms with Gasteiger partial charge in [-0.3, -0.25) is 4.98 Å². The summed E-state index contributed by atoms with van der Waals surface area (Å²) < 4.78 is 62.1. The minimum absolute atomic E-state index is 0.0220. The van der Waals surface area contributed by atoms with Crippen molar-refractivity contribution in [1.82, 2.24) is 10.3 Å². The topological polar surface area (TPSA) is 166 Å². The Bertz CT molecular complexity index is 679. The van der Waals surface area contributed by atoms with Gasteiger partial charge in [0.15, 0.2) is 0 Å². The molecule has 18 heteroatoms. The van der Waals surface area contributed by atoms with E-state index in [9.17, 15) is 4.80 Å². The Kier molecular flexibility index (Phi) is 32.0. The number of hydrogen-bond acceptors (Lipinski definition) is 15. The molecule has 15 nitrogen and oxygen atoms in total. The van der Waals surface area contributed by atoms with Gasteiger partial charge in [-0.2, -0.15) is 0 Å². The Morgan fingerprint density at radius 3 is 1.32 bits per heavy atom. The summed E-state index contributed by atoms with van der Waals surface area (Å²) in [6.07, 6.45) is 1.82. The van der Waals surface area contributed by atoms with Crippen LogP contribution >= 0.6 is 0 Å². The first-order valence-electron chi connectivity index (χ1n) is 17.0. The monoisotopic (exact) mass is 736 g/mol. The van der Waals surface area contributed by atoms with Gasteiger partial charge in [-0.25, -0.2) is 0 Å². The summed E-state index contributed by atoms with van der Waals surface area (Å²) in [7, 11) is -6.57. The van der Waals surface area contributed by atoms with Crippen LogP contribution in [0.5, 0.6) is 0 Å². The Morgan fingerprint density at radius 2 is 0.936 bits per heavy atom. The molecule has 47 heavy (non-hydrogen) atoms.